The van der Waals surface area contributed by atoms with Gasteiger partial charge in [0.1, 0.15) is 0 Å². The number of carboxylic acid groups (broad SMARTS) is 2. The average Bonchev–Trinajstić information content (AvgIpc) is 2.48. The van der Waals surface area contributed by atoms with Crippen LogP contribution < -0.4 is 0 Å². The number of hydrogen-bond donors (Lipinski definition) is 2. The predicted molar refractivity (Wildman–Crippen MR) is 86.4 cm³/mol. The normalized spacial score (nSPS) is 16.8. The van der Waals surface area contributed by atoms with Crippen LogP contribution in [0.3, 0.4) is 0 Å². The third-order valence-corrected chi connectivity index (χ3v) is 3.97. The van der Waals surface area contributed by atoms with Crippen LogP contribution in [0.25, 0.3) is 0 Å². The number of benzene rings is 1. The summed E-state index contributed by atoms with van der Waals surface area (Å²) in [6, 6.07) is 4.01. The minimum atomic E-state index is -1.12. The van der Waals surface area contributed by atoms with Crippen LogP contribution in [-0.2, 0) is 0 Å². The number of aryl methyl sites for hydroxylation is 1. The number of hydrogen-bond acceptors (Lipinski definition) is 2. The van der Waals surface area contributed by atoms with E-state index in [4.69, 9.17) is 10.2 Å². The monoisotopic (exact) mass is 304 g/mol. The second-order valence-electron chi connectivity index (χ2n) is 5.93. The zero-order chi connectivity index (χ0) is 16.7. The van der Waals surface area contributed by atoms with Crippen LogP contribution in [0.4, 0.5) is 0 Å². The molecule has 0 saturated carbocycles. The second kappa shape index (κ2) is 8.37. The molecule has 2 N–H and O–H groups in total. The molecule has 1 aromatic rings. The molecule has 0 aromatic heterocycles. The third kappa shape index (κ3) is 5.35. The van der Waals surface area contributed by atoms with Gasteiger partial charge in [-0.1, -0.05) is 32.1 Å². The summed E-state index contributed by atoms with van der Waals surface area (Å²) >= 11 is 0. The highest BCUT2D eigenvalue weighted by molar-refractivity contribution is 5.94. The Morgan fingerprint density at radius 1 is 1.14 bits per heavy atom. The maximum atomic E-state index is 10.6. The standard InChI is InChI=1S/C9H8O4.C9H16/c1-5-2-3-6(8(10)11)4-7(5)9(12)13;1-8(2)9-6-4-3-5-7-9/h2-4H,1H3,(H,10,11)(H,12,13);3-4,8-9H,5-7H2,1-2H3. The van der Waals surface area contributed by atoms with Gasteiger partial charge in [-0.15, -0.1) is 0 Å². The van der Waals surface area contributed by atoms with Crippen LogP contribution in [0, 0.1) is 18.8 Å². The molecule has 0 heterocycles. The molecule has 1 unspecified atom stereocenters. The molecule has 1 aliphatic carbocycles. The summed E-state index contributed by atoms with van der Waals surface area (Å²) in [7, 11) is 0. The highest BCUT2D eigenvalue weighted by Crippen LogP contribution is 2.24. The largest absolute Gasteiger partial charge is 0.478 e. The molecule has 2 rings (SSSR count). The van der Waals surface area contributed by atoms with Crippen molar-refractivity contribution in [1.29, 1.82) is 0 Å². The smallest absolute Gasteiger partial charge is 0.335 e. The average molecular weight is 304 g/mol. The molecule has 0 aliphatic heterocycles. The molecule has 120 valence electrons. The van der Waals surface area contributed by atoms with E-state index in [1.165, 1.54) is 31.4 Å². The van der Waals surface area contributed by atoms with E-state index < -0.39 is 11.9 Å². The molecule has 1 aliphatic rings. The minimum Gasteiger partial charge on any atom is -0.478 e. The van der Waals surface area contributed by atoms with Gasteiger partial charge in [0.2, 0.25) is 0 Å². The first-order valence-corrected chi connectivity index (χ1v) is 7.55. The highest BCUT2D eigenvalue weighted by Gasteiger charge is 2.12. The third-order valence-electron chi connectivity index (χ3n) is 3.97. The lowest BCUT2D eigenvalue weighted by Gasteiger charge is -2.20. The fourth-order valence-electron chi connectivity index (χ4n) is 2.41. The molecule has 0 saturated heterocycles. The Labute approximate surface area is 131 Å². The Hall–Kier alpha value is -2.10. The van der Waals surface area contributed by atoms with Crippen LogP contribution in [0.5, 0.6) is 0 Å². The minimum absolute atomic E-state index is 0.0111. The molecule has 22 heavy (non-hydrogen) atoms. The van der Waals surface area contributed by atoms with E-state index in [1.54, 1.807) is 6.92 Å². The van der Waals surface area contributed by atoms with Crippen molar-refractivity contribution in [3.05, 3.63) is 47.0 Å². The van der Waals surface area contributed by atoms with E-state index in [0.717, 1.165) is 17.9 Å². The number of rotatable bonds is 3. The van der Waals surface area contributed by atoms with Gasteiger partial charge in [-0.05, 0) is 55.7 Å². The molecule has 1 atom stereocenters. The van der Waals surface area contributed by atoms with Crippen LogP contribution in [0.1, 0.15) is 59.4 Å². The number of allylic oxidation sites excluding steroid dienone is 2. The van der Waals surface area contributed by atoms with Crippen molar-refractivity contribution in [3.63, 3.8) is 0 Å². The molecular formula is C18H24O4. The first kappa shape index (κ1) is 18.0. The molecule has 0 radical (unpaired) electrons. The summed E-state index contributed by atoms with van der Waals surface area (Å²) in [5, 5.41) is 17.3. The number of aromatic carboxylic acids is 2. The van der Waals surface area contributed by atoms with Crippen LogP contribution in [-0.4, -0.2) is 22.2 Å². The summed E-state index contributed by atoms with van der Waals surface area (Å²) in [4.78, 5) is 21.1. The van der Waals surface area contributed by atoms with E-state index in [2.05, 4.69) is 26.0 Å². The molecule has 1 aromatic carbocycles. The Morgan fingerprint density at radius 2 is 1.82 bits per heavy atom. The van der Waals surface area contributed by atoms with Gasteiger partial charge in [0.05, 0.1) is 11.1 Å². The Balaban J connectivity index is 0.000000235. The van der Waals surface area contributed by atoms with Gasteiger partial charge in [0.25, 0.3) is 0 Å². The van der Waals surface area contributed by atoms with Crippen molar-refractivity contribution in [3.8, 4) is 0 Å². The van der Waals surface area contributed by atoms with Gasteiger partial charge >= 0.3 is 11.9 Å². The van der Waals surface area contributed by atoms with E-state index in [-0.39, 0.29) is 11.1 Å². The zero-order valence-corrected chi connectivity index (χ0v) is 13.4. The maximum Gasteiger partial charge on any atom is 0.335 e. The summed E-state index contributed by atoms with van der Waals surface area (Å²) in [5.74, 6) is -0.381. The van der Waals surface area contributed by atoms with E-state index in [0.29, 0.717) is 5.56 Å². The van der Waals surface area contributed by atoms with Crippen molar-refractivity contribution in [2.24, 2.45) is 11.8 Å². The molecule has 0 fully saturated rings. The maximum absolute atomic E-state index is 10.6. The van der Waals surface area contributed by atoms with E-state index in [9.17, 15) is 9.59 Å². The first-order valence-electron chi connectivity index (χ1n) is 7.55. The van der Waals surface area contributed by atoms with Crippen molar-refractivity contribution in [1.82, 2.24) is 0 Å². The molecule has 0 spiro atoms. The number of carboxylic acids is 2. The van der Waals surface area contributed by atoms with Crippen LogP contribution >= 0.6 is 0 Å². The van der Waals surface area contributed by atoms with E-state index in [1.807, 2.05) is 0 Å². The topological polar surface area (TPSA) is 74.6 Å². The van der Waals surface area contributed by atoms with E-state index >= 15 is 0 Å². The van der Waals surface area contributed by atoms with Crippen molar-refractivity contribution < 1.29 is 19.8 Å². The second-order valence-corrected chi connectivity index (χ2v) is 5.93. The van der Waals surface area contributed by atoms with Crippen LogP contribution in [0.15, 0.2) is 30.4 Å². The van der Waals surface area contributed by atoms with Gasteiger partial charge in [0, 0.05) is 0 Å². The fourth-order valence-corrected chi connectivity index (χ4v) is 2.41. The molecule has 0 bridgehead atoms. The Kier molecular flexibility index (Phi) is 6.83. The number of carbonyl (C=O) groups is 2. The van der Waals surface area contributed by atoms with Crippen molar-refractivity contribution in [2.45, 2.75) is 40.0 Å². The lowest BCUT2D eigenvalue weighted by Crippen LogP contribution is -2.09. The predicted octanol–water partition coefficient (Wildman–Crippen LogP) is 4.39. The Morgan fingerprint density at radius 3 is 2.23 bits per heavy atom. The van der Waals surface area contributed by atoms with Gasteiger partial charge in [-0.25, -0.2) is 9.59 Å². The molecule has 4 nitrogen and oxygen atoms in total. The fraction of sp³-hybridized carbons (Fsp3) is 0.444. The summed E-state index contributed by atoms with van der Waals surface area (Å²) in [6.07, 6.45) is 8.67. The summed E-state index contributed by atoms with van der Waals surface area (Å²) in [6.45, 7) is 6.27. The molecule has 0 amide bonds. The zero-order valence-electron chi connectivity index (χ0n) is 13.4. The highest BCUT2D eigenvalue weighted by atomic mass is 16.4. The van der Waals surface area contributed by atoms with Gasteiger partial charge in [-0.3, -0.25) is 0 Å². The van der Waals surface area contributed by atoms with Crippen LogP contribution in [0.2, 0.25) is 0 Å². The molecule has 4 heteroatoms. The molecular weight excluding hydrogens is 280 g/mol. The van der Waals surface area contributed by atoms with Gasteiger partial charge in [0.15, 0.2) is 0 Å². The quantitative estimate of drug-likeness (QED) is 0.812. The van der Waals surface area contributed by atoms with Gasteiger partial charge < -0.3 is 10.2 Å². The SMILES string of the molecule is CC(C)C1CC=CCC1.Cc1ccc(C(=O)O)cc1C(=O)O. The first-order chi connectivity index (χ1) is 10.3. The summed E-state index contributed by atoms with van der Waals surface area (Å²) in [5.41, 5.74) is 0.570. The lowest BCUT2D eigenvalue weighted by atomic mass is 9.85. The Bertz CT molecular complexity index is 558. The summed E-state index contributed by atoms with van der Waals surface area (Å²) < 4.78 is 0. The van der Waals surface area contributed by atoms with Gasteiger partial charge in [-0.2, -0.15) is 0 Å². The van der Waals surface area contributed by atoms with Crippen molar-refractivity contribution in [2.75, 3.05) is 0 Å². The lowest BCUT2D eigenvalue weighted by molar-refractivity contribution is 0.0695. The van der Waals surface area contributed by atoms with Crippen molar-refractivity contribution >= 4 is 11.9 Å².